The van der Waals surface area contributed by atoms with Gasteiger partial charge in [0.15, 0.2) is 5.65 Å². The highest BCUT2D eigenvalue weighted by atomic mass is 15.0. The molecule has 1 N–H and O–H groups in total. The fraction of sp³-hybridized carbons (Fsp3) is 0.417. The first kappa shape index (κ1) is 9.51. The quantitative estimate of drug-likeness (QED) is 0.833. The second-order valence-corrected chi connectivity index (χ2v) is 4.22. The average Bonchev–Trinajstić information content (AvgIpc) is 2.82. The van der Waals surface area contributed by atoms with E-state index in [1.807, 2.05) is 12.1 Å². The van der Waals surface area contributed by atoms with Crippen LogP contribution in [0.5, 0.6) is 0 Å². The van der Waals surface area contributed by atoms with Crippen LogP contribution in [-0.4, -0.2) is 21.0 Å². The number of aromatic nitrogens is 3. The molecular formula is C12H14N4. The molecule has 1 aliphatic rings. The Hall–Kier alpha value is -1.71. The van der Waals surface area contributed by atoms with Gasteiger partial charge in [-0.05, 0) is 25.0 Å². The van der Waals surface area contributed by atoms with E-state index in [1.165, 1.54) is 25.7 Å². The minimum absolute atomic E-state index is 0.585. The molecule has 2 heterocycles. The summed E-state index contributed by atoms with van der Waals surface area (Å²) >= 11 is 0. The summed E-state index contributed by atoms with van der Waals surface area (Å²) in [5.41, 5.74) is 1.56. The second kappa shape index (κ2) is 4.04. The number of nitrogens with zero attached hydrogens (tertiary/aromatic N) is 3. The van der Waals surface area contributed by atoms with Crippen molar-refractivity contribution in [3.63, 3.8) is 0 Å². The van der Waals surface area contributed by atoms with Gasteiger partial charge in [0.1, 0.15) is 11.3 Å². The van der Waals surface area contributed by atoms with Crippen molar-refractivity contribution in [2.75, 3.05) is 5.32 Å². The molecular weight excluding hydrogens is 200 g/mol. The van der Waals surface area contributed by atoms with Crippen LogP contribution >= 0.6 is 0 Å². The summed E-state index contributed by atoms with van der Waals surface area (Å²) in [5.74, 6) is 0.917. The first-order chi connectivity index (χ1) is 7.92. The third kappa shape index (κ3) is 1.83. The molecule has 0 unspecified atom stereocenters. The van der Waals surface area contributed by atoms with E-state index in [1.54, 1.807) is 12.4 Å². The fourth-order valence-electron chi connectivity index (χ4n) is 2.21. The van der Waals surface area contributed by atoms with Crippen molar-refractivity contribution in [2.24, 2.45) is 0 Å². The second-order valence-electron chi connectivity index (χ2n) is 4.22. The fourth-order valence-corrected chi connectivity index (χ4v) is 2.21. The lowest BCUT2D eigenvalue weighted by atomic mass is 10.2. The normalized spacial score (nSPS) is 16.8. The van der Waals surface area contributed by atoms with Crippen molar-refractivity contribution in [3.05, 3.63) is 24.5 Å². The molecule has 2 aromatic heterocycles. The third-order valence-corrected chi connectivity index (χ3v) is 3.04. The molecule has 16 heavy (non-hydrogen) atoms. The van der Waals surface area contributed by atoms with E-state index in [9.17, 15) is 0 Å². The van der Waals surface area contributed by atoms with E-state index in [-0.39, 0.29) is 0 Å². The van der Waals surface area contributed by atoms with Gasteiger partial charge in [-0.2, -0.15) is 0 Å². The first-order valence-corrected chi connectivity index (χ1v) is 5.76. The molecule has 1 aliphatic carbocycles. The maximum absolute atomic E-state index is 4.45. The van der Waals surface area contributed by atoms with E-state index < -0.39 is 0 Å². The van der Waals surface area contributed by atoms with Crippen molar-refractivity contribution in [3.8, 4) is 0 Å². The summed E-state index contributed by atoms with van der Waals surface area (Å²) in [6.45, 7) is 0. The SMILES string of the molecule is c1cnc2nc(NC3CCCC3)ccc2n1. The molecule has 0 amide bonds. The van der Waals surface area contributed by atoms with Gasteiger partial charge in [-0.3, -0.25) is 4.98 Å². The predicted molar refractivity (Wildman–Crippen MR) is 63.2 cm³/mol. The number of hydrogen-bond acceptors (Lipinski definition) is 4. The molecule has 0 spiro atoms. The zero-order valence-electron chi connectivity index (χ0n) is 9.06. The standard InChI is InChI=1S/C12H14N4/c1-2-4-9(3-1)15-11-6-5-10-12(16-11)14-8-7-13-10/h5-9H,1-4H2,(H,14,15,16). The Morgan fingerprint density at radius 2 is 1.88 bits per heavy atom. The molecule has 0 aliphatic heterocycles. The lowest BCUT2D eigenvalue weighted by Gasteiger charge is -2.12. The van der Waals surface area contributed by atoms with Gasteiger partial charge >= 0.3 is 0 Å². The van der Waals surface area contributed by atoms with Crippen LogP contribution in [-0.2, 0) is 0 Å². The lowest BCUT2D eigenvalue weighted by molar-refractivity contribution is 0.751. The van der Waals surface area contributed by atoms with Gasteiger partial charge < -0.3 is 5.32 Å². The Morgan fingerprint density at radius 3 is 2.75 bits per heavy atom. The van der Waals surface area contributed by atoms with Crippen LogP contribution in [0.25, 0.3) is 11.2 Å². The summed E-state index contributed by atoms with van der Waals surface area (Å²) in [4.78, 5) is 12.9. The van der Waals surface area contributed by atoms with Crippen molar-refractivity contribution in [1.82, 2.24) is 15.0 Å². The zero-order chi connectivity index (χ0) is 10.8. The molecule has 0 saturated heterocycles. The van der Waals surface area contributed by atoms with Gasteiger partial charge in [0.2, 0.25) is 0 Å². The smallest absolute Gasteiger partial charge is 0.180 e. The molecule has 0 bridgehead atoms. The van der Waals surface area contributed by atoms with Gasteiger partial charge in [0.05, 0.1) is 0 Å². The first-order valence-electron chi connectivity index (χ1n) is 5.76. The molecule has 1 fully saturated rings. The van der Waals surface area contributed by atoms with E-state index in [2.05, 4.69) is 20.3 Å². The molecule has 2 aromatic rings. The molecule has 0 atom stereocenters. The van der Waals surface area contributed by atoms with Crippen molar-refractivity contribution in [2.45, 2.75) is 31.7 Å². The highest BCUT2D eigenvalue weighted by Gasteiger charge is 2.14. The number of fused-ring (bicyclic) bond motifs is 1. The maximum atomic E-state index is 4.45. The van der Waals surface area contributed by atoms with Crippen LogP contribution in [0.15, 0.2) is 24.5 Å². The Morgan fingerprint density at radius 1 is 1.06 bits per heavy atom. The zero-order valence-corrected chi connectivity index (χ0v) is 9.06. The highest BCUT2D eigenvalue weighted by molar-refractivity contribution is 5.71. The molecule has 1 saturated carbocycles. The minimum atomic E-state index is 0.585. The van der Waals surface area contributed by atoms with Gasteiger partial charge in [-0.15, -0.1) is 0 Å². The molecule has 0 radical (unpaired) electrons. The van der Waals surface area contributed by atoms with Crippen molar-refractivity contribution >= 4 is 17.0 Å². The largest absolute Gasteiger partial charge is 0.367 e. The Kier molecular flexibility index (Phi) is 2.40. The molecule has 4 heteroatoms. The Bertz CT molecular complexity index is 491. The average molecular weight is 214 g/mol. The number of pyridine rings is 1. The van der Waals surface area contributed by atoms with Gasteiger partial charge in [-0.1, -0.05) is 12.8 Å². The van der Waals surface area contributed by atoms with Crippen molar-refractivity contribution < 1.29 is 0 Å². The van der Waals surface area contributed by atoms with Crippen LogP contribution in [0.4, 0.5) is 5.82 Å². The van der Waals surface area contributed by atoms with E-state index in [0.717, 1.165) is 11.3 Å². The van der Waals surface area contributed by atoms with Crippen molar-refractivity contribution in [1.29, 1.82) is 0 Å². The molecule has 4 nitrogen and oxygen atoms in total. The van der Waals surface area contributed by atoms with Crippen LogP contribution < -0.4 is 5.32 Å². The third-order valence-electron chi connectivity index (χ3n) is 3.04. The Balaban J connectivity index is 1.86. The monoisotopic (exact) mass is 214 g/mol. The van der Waals surface area contributed by atoms with E-state index in [4.69, 9.17) is 0 Å². The van der Waals surface area contributed by atoms with Crippen LogP contribution in [0.1, 0.15) is 25.7 Å². The van der Waals surface area contributed by atoms with Gasteiger partial charge in [-0.25, -0.2) is 9.97 Å². The van der Waals surface area contributed by atoms with Gasteiger partial charge in [0.25, 0.3) is 0 Å². The minimum Gasteiger partial charge on any atom is -0.367 e. The van der Waals surface area contributed by atoms with E-state index >= 15 is 0 Å². The van der Waals surface area contributed by atoms with Gasteiger partial charge in [0, 0.05) is 18.4 Å². The molecule has 82 valence electrons. The van der Waals surface area contributed by atoms with Crippen LogP contribution in [0.2, 0.25) is 0 Å². The summed E-state index contributed by atoms with van der Waals surface area (Å²) < 4.78 is 0. The summed E-state index contributed by atoms with van der Waals surface area (Å²) in [6, 6.07) is 4.53. The number of hydrogen-bond donors (Lipinski definition) is 1. The predicted octanol–water partition coefficient (Wildman–Crippen LogP) is 2.38. The Labute approximate surface area is 94.1 Å². The summed E-state index contributed by atoms with van der Waals surface area (Å²) in [7, 11) is 0. The van der Waals surface area contributed by atoms with Crippen LogP contribution in [0.3, 0.4) is 0 Å². The number of rotatable bonds is 2. The van der Waals surface area contributed by atoms with Crippen LogP contribution in [0, 0.1) is 0 Å². The molecule has 3 rings (SSSR count). The number of anilines is 1. The topological polar surface area (TPSA) is 50.7 Å². The highest BCUT2D eigenvalue weighted by Crippen LogP contribution is 2.21. The lowest BCUT2D eigenvalue weighted by Crippen LogP contribution is -2.15. The van der Waals surface area contributed by atoms with E-state index in [0.29, 0.717) is 11.7 Å². The molecule has 0 aromatic carbocycles. The maximum Gasteiger partial charge on any atom is 0.180 e. The number of nitrogens with one attached hydrogen (secondary N) is 1. The summed E-state index contributed by atoms with van der Waals surface area (Å²) in [5, 5.41) is 3.45. The summed E-state index contributed by atoms with van der Waals surface area (Å²) in [6.07, 6.45) is 8.51.